The molecule has 0 aliphatic carbocycles. The van der Waals surface area contributed by atoms with Crippen LogP contribution in [0.5, 0.6) is 0 Å². The molecule has 0 spiro atoms. The fourth-order valence-corrected chi connectivity index (χ4v) is 5.03. The molecule has 3 fully saturated rings. The van der Waals surface area contributed by atoms with Gasteiger partial charge in [0, 0.05) is 37.3 Å². The van der Waals surface area contributed by atoms with Gasteiger partial charge in [-0.1, -0.05) is 0 Å². The molecular weight excluding hydrogens is 270 g/mol. The van der Waals surface area contributed by atoms with Crippen LogP contribution in [-0.4, -0.2) is 71.6 Å². The molecule has 3 aliphatic rings. The van der Waals surface area contributed by atoms with E-state index < -0.39 is 0 Å². The predicted octanol–water partition coefficient (Wildman–Crippen LogP) is 3.05. The van der Waals surface area contributed by atoms with Crippen molar-refractivity contribution in [3.05, 3.63) is 0 Å². The smallest absolute Gasteiger partial charge is 0.0242 e. The molecule has 128 valence electrons. The Hall–Kier alpha value is -0.120. The normalized spacial score (nSPS) is 31.9. The van der Waals surface area contributed by atoms with Gasteiger partial charge in [0.25, 0.3) is 0 Å². The zero-order valence-electron chi connectivity index (χ0n) is 15.3. The van der Waals surface area contributed by atoms with Crippen LogP contribution in [0.2, 0.25) is 0 Å². The third-order valence-corrected chi connectivity index (χ3v) is 6.50. The van der Waals surface area contributed by atoms with Gasteiger partial charge in [-0.3, -0.25) is 9.80 Å². The van der Waals surface area contributed by atoms with Crippen LogP contribution in [0.1, 0.15) is 59.8 Å². The quantitative estimate of drug-likeness (QED) is 0.747. The summed E-state index contributed by atoms with van der Waals surface area (Å²) in [4.78, 5) is 8.17. The molecule has 3 heteroatoms. The van der Waals surface area contributed by atoms with Crippen molar-refractivity contribution in [2.24, 2.45) is 5.92 Å². The van der Waals surface area contributed by atoms with Crippen LogP contribution in [0.3, 0.4) is 0 Å². The van der Waals surface area contributed by atoms with Crippen LogP contribution >= 0.6 is 0 Å². The minimum atomic E-state index is 0.739. The van der Waals surface area contributed by atoms with E-state index in [1.54, 1.807) is 0 Å². The van der Waals surface area contributed by atoms with Crippen molar-refractivity contribution in [1.29, 1.82) is 0 Å². The first kappa shape index (κ1) is 16.7. The maximum atomic E-state index is 2.80. The van der Waals surface area contributed by atoms with Gasteiger partial charge in [0.2, 0.25) is 0 Å². The third-order valence-electron chi connectivity index (χ3n) is 6.50. The molecule has 3 nitrogen and oxygen atoms in total. The number of nitrogens with zero attached hydrogens (tertiary/aromatic N) is 3. The number of rotatable bonds is 6. The molecule has 3 heterocycles. The van der Waals surface area contributed by atoms with E-state index in [-0.39, 0.29) is 0 Å². The first-order valence-corrected chi connectivity index (χ1v) is 9.78. The second kappa shape index (κ2) is 7.19. The van der Waals surface area contributed by atoms with Gasteiger partial charge in [-0.15, -0.1) is 0 Å². The van der Waals surface area contributed by atoms with Crippen molar-refractivity contribution in [1.82, 2.24) is 14.7 Å². The molecule has 0 unspecified atom stereocenters. The number of likely N-dealkylation sites (tertiary alicyclic amines) is 3. The van der Waals surface area contributed by atoms with E-state index in [9.17, 15) is 0 Å². The Kier molecular flexibility index (Phi) is 5.47. The molecule has 0 aromatic carbocycles. The summed E-state index contributed by atoms with van der Waals surface area (Å²) in [5.74, 6) is 1.00. The molecule has 0 saturated carbocycles. The Morgan fingerprint density at radius 3 is 2.18 bits per heavy atom. The SMILES string of the molecule is CC(C)N1CCC(CCCN2C[C@H]3C[C@@H]2CN3C(C)C)CC1. The topological polar surface area (TPSA) is 9.72 Å². The van der Waals surface area contributed by atoms with Gasteiger partial charge >= 0.3 is 0 Å². The molecular formula is C19H37N3. The third kappa shape index (κ3) is 3.68. The molecule has 0 aromatic rings. The van der Waals surface area contributed by atoms with Crippen LogP contribution in [0.15, 0.2) is 0 Å². The van der Waals surface area contributed by atoms with Crippen molar-refractivity contribution in [2.45, 2.75) is 84.0 Å². The van der Waals surface area contributed by atoms with E-state index in [0.29, 0.717) is 0 Å². The highest BCUT2D eigenvalue weighted by Crippen LogP contribution is 2.32. The molecule has 3 aliphatic heterocycles. The van der Waals surface area contributed by atoms with Crippen molar-refractivity contribution < 1.29 is 0 Å². The first-order valence-electron chi connectivity index (χ1n) is 9.78. The average Bonchev–Trinajstić information content (AvgIpc) is 3.08. The fraction of sp³-hybridized carbons (Fsp3) is 1.00. The van der Waals surface area contributed by atoms with Crippen LogP contribution in [0.4, 0.5) is 0 Å². The van der Waals surface area contributed by atoms with E-state index in [1.165, 1.54) is 64.8 Å². The lowest BCUT2D eigenvalue weighted by molar-refractivity contribution is 0.0990. The summed E-state index contributed by atoms with van der Waals surface area (Å²) in [6.45, 7) is 16.1. The fourth-order valence-electron chi connectivity index (χ4n) is 5.03. The van der Waals surface area contributed by atoms with Crippen molar-refractivity contribution >= 4 is 0 Å². The lowest BCUT2D eigenvalue weighted by Crippen LogP contribution is -2.49. The number of hydrogen-bond donors (Lipinski definition) is 0. The molecule has 0 aromatic heterocycles. The summed E-state index contributed by atoms with van der Waals surface area (Å²) in [6, 6.07) is 3.21. The van der Waals surface area contributed by atoms with E-state index in [1.807, 2.05) is 0 Å². The van der Waals surface area contributed by atoms with E-state index in [0.717, 1.165) is 30.1 Å². The van der Waals surface area contributed by atoms with Gasteiger partial charge in [-0.05, 0) is 85.4 Å². The Labute approximate surface area is 138 Å². The minimum Gasteiger partial charge on any atom is -0.301 e. The second-order valence-electron chi connectivity index (χ2n) is 8.54. The van der Waals surface area contributed by atoms with Gasteiger partial charge in [0.1, 0.15) is 0 Å². The Balaban J connectivity index is 1.32. The molecule has 3 saturated heterocycles. The Morgan fingerprint density at radius 2 is 1.64 bits per heavy atom. The Bertz CT molecular complexity index is 347. The second-order valence-corrected chi connectivity index (χ2v) is 8.54. The average molecular weight is 308 g/mol. The standard InChI is InChI=1S/C19H37N3/c1-15(2)20-10-7-17(8-11-20)6-5-9-21-13-19-12-18(21)14-22(19)16(3)4/h15-19H,5-14H2,1-4H3/t18-,19-/m1/s1. The van der Waals surface area contributed by atoms with Crippen LogP contribution in [0.25, 0.3) is 0 Å². The number of hydrogen-bond acceptors (Lipinski definition) is 3. The van der Waals surface area contributed by atoms with Crippen molar-refractivity contribution in [2.75, 3.05) is 32.7 Å². The highest BCUT2D eigenvalue weighted by atomic mass is 15.4. The summed E-state index contributed by atoms with van der Waals surface area (Å²) < 4.78 is 0. The number of fused-ring (bicyclic) bond motifs is 2. The van der Waals surface area contributed by atoms with Crippen molar-refractivity contribution in [3.63, 3.8) is 0 Å². The van der Waals surface area contributed by atoms with E-state index >= 15 is 0 Å². The largest absolute Gasteiger partial charge is 0.301 e. The van der Waals surface area contributed by atoms with Crippen molar-refractivity contribution in [3.8, 4) is 0 Å². The van der Waals surface area contributed by atoms with Gasteiger partial charge < -0.3 is 4.90 Å². The molecule has 0 amide bonds. The van der Waals surface area contributed by atoms with E-state index in [4.69, 9.17) is 0 Å². The molecule has 0 N–H and O–H groups in total. The molecule has 22 heavy (non-hydrogen) atoms. The van der Waals surface area contributed by atoms with Crippen LogP contribution in [0, 0.1) is 5.92 Å². The Morgan fingerprint density at radius 1 is 0.909 bits per heavy atom. The first-order chi connectivity index (χ1) is 10.5. The lowest BCUT2D eigenvalue weighted by atomic mass is 9.91. The highest BCUT2D eigenvalue weighted by molar-refractivity contribution is 5.00. The summed E-state index contributed by atoms with van der Waals surface area (Å²) >= 11 is 0. The molecule has 0 radical (unpaired) electrons. The lowest BCUT2D eigenvalue weighted by Gasteiger charge is -2.37. The highest BCUT2D eigenvalue weighted by Gasteiger charge is 2.43. The summed E-state index contributed by atoms with van der Waals surface area (Å²) in [6.07, 6.45) is 7.20. The maximum absolute atomic E-state index is 2.80. The molecule has 2 atom stereocenters. The predicted molar refractivity (Wildman–Crippen MR) is 94.3 cm³/mol. The van der Waals surface area contributed by atoms with Gasteiger partial charge in [0.15, 0.2) is 0 Å². The maximum Gasteiger partial charge on any atom is 0.0242 e. The zero-order valence-corrected chi connectivity index (χ0v) is 15.3. The molecule has 3 rings (SSSR count). The monoisotopic (exact) mass is 307 g/mol. The summed E-state index contributed by atoms with van der Waals surface area (Å²) in [5.41, 5.74) is 0. The van der Waals surface area contributed by atoms with Gasteiger partial charge in [-0.2, -0.15) is 0 Å². The molecule has 2 bridgehead atoms. The van der Waals surface area contributed by atoms with Gasteiger partial charge in [-0.25, -0.2) is 0 Å². The van der Waals surface area contributed by atoms with Crippen LogP contribution in [-0.2, 0) is 0 Å². The summed E-state index contributed by atoms with van der Waals surface area (Å²) in [5, 5.41) is 0. The zero-order chi connectivity index (χ0) is 15.7. The van der Waals surface area contributed by atoms with Crippen LogP contribution < -0.4 is 0 Å². The minimum absolute atomic E-state index is 0.739. The number of piperazine rings is 1. The number of piperidine rings is 1. The summed E-state index contributed by atoms with van der Waals surface area (Å²) in [7, 11) is 0. The van der Waals surface area contributed by atoms with E-state index in [2.05, 4.69) is 42.4 Å². The van der Waals surface area contributed by atoms with Gasteiger partial charge in [0.05, 0.1) is 0 Å².